The van der Waals surface area contributed by atoms with Crippen molar-refractivity contribution in [2.45, 2.75) is 20.5 Å². The Hall–Kier alpha value is -0.910. The highest BCUT2D eigenvalue weighted by molar-refractivity contribution is 6.68. The van der Waals surface area contributed by atoms with Gasteiger partial charge in [0.2, 0.25) is 3.79 Å². The van der Waals surface area contributed by atoms with Crippen LogP contribution in [0.5, 0.6) is 23.0 Å². The zero-order valence-corrected chi connectivity index (χ0v) is 19.8. The minimum Gasteiger partial charge on any atom is -0.493 e. The first kappa shape index (κ1) is 22.8. The summed E-state index contributed by atoms with van der Waals surface area (Å²) in [5.41, 5.74) is 3.04. The summed E-state index contributed by atoms with van der Waals surface area (Å²) >= 11 is 32.2. The van der Waals surface area contributed by atoms with E-state index in [1.807, 2.05) is 12.1 Å². The zero-order valence-electron chi connectivity index (χ0n) is 16.1. The van der Waals surface area contributed by atoms with E-state index in [0.29, 0.717) is 23.0 Å². The van der Waals surface area contributed by atoms with Crippen LogP contribution in [0.25, 0.3) is 0 Å². The second kappa shape index (κ2) is 8.68. The maximum atomic E-state index is 6.45. The molecule has 0 aliphatic heterocycles. The number of hydrogen-bond acceptors (Lipinski definition) is 4. The summed E-state index contributed by atoms with van der Waals surface area (Å²) in [6, 6.07) is 7.23. The van der Waals surface area contributed by atoms with E-state index >= 15 is 0 Å². The van der Waals surface area contributed by atoms with Gasteiger partial charge in [0.05, 0.1) is 34.4 Å². The molecule has 0 N–H and O–H groups in total. The predicted molar refractivity (Wildman–Crippen MR) is 119 cm³/mol. The summed E-state index contributed by atoms with van der Waals surface area (Å²) < 4.78 is 20.2. The molecule has 0 radical (unpaired) electrons. The molecular weight excluding hydrogens is 481 g/mol. The van der Waals surface area contributed by atoms with Crippen molar-refractivity contribution in [2.24, 2.45) is 0 Å². The zero-order chi connectivity index (χ0) is 21.5. The molecule has 0 heterocycles. The number of ether oxygens (including phenoxy) is 4. The molecule has 0 spiro atoms. The van der Waals surface area contributed by atoms with Crippen LogP contribution in [0.2, 0.25) is 0 Å². The van der Waals surface area contributed by atoms with E-state index in [2.05, 4.69) is 0 Å². The normalized spacial score (nSPS) is 18.1. The maximum absolute atomic E-state index is 6.45. The van der Waals surface area contributed by atoms with Crippen molar-refractivity contribution in [3.63, 3.8) is 0 Å². The molecular formula is C20H19Cl5O4. The summed E-state index contributed by atoms with van der Waals surface area (Å²) in [6.07, 6.45) is 0. The van der Waals surface area contributed by atoms with Crippen LogP contribution in [-0.2, 0) is 0 Å². The molecule has 0 aromatic heterocycles. The van der Waals surface area contributed by atoms with Gasteiger partial charge in [-0.05, 0) is 46.5 Å². The van der Waals surface area contributed by atoms with E-state index in [-0.39, 0.29) is 0 Å². The highest BCUT2D eigenvalue weighted by Gasteiger charge is 2.45. The fraction of sp³-hybridized carbons (Fsp3) is 0.400. The number of alkyl halides is 5. The molecule has 2 aromatic carbocycles. The summed E-state index contributed by atoms with van der Waals surface area (Å²) in [5.74, 6) is 1.03. The standard InChI is InChI=1S/C20H19Cl5O4/c1-26-13-5-9-11(7-15(13)28-3)18(20(23,24)25)12-8-16(29-4)14(27-2)6-10(12)17(9)19(21)22/h5-8,17-19H,1-4H3. The minimum atomic E-state index is -1.66. The number of halogens is 5. The van der Waals surface area contributed by atoms with Crippen LogP contribution in [0.4, 0.5) is 0 Å². The van der Waals surface area contributed by atoms with Gasteiger partial charge in [0.15, 0.2) is 23.0 Å². The Morgan fingerprint density at radius 2 is 0.966 bits per heavy atom. The Labute approximate surface area is 194 Å². The van der Waals surface area contributed by atoms with Gasteiger partial charge in [-0.1, -0.05) is 34.8 Å². The molecule has 1 aliphatic carbocycles. The topological polar surface area (TPSA) is 36.9 Å². The molecule has 0 saturated carbocycles. The van der Waals surface area contributed by atoms with Crippen LogP contribution < -0.4 is 18.9 Å². The molecule has 0 unspecified atom stereocenters. The molecule has 158 valence electrons. The van der Waals surface area contributed by atoms with Gasteiger partial charge in [-0.3, -0.25) is 0 Å². The van der Waals surface area contributed by atoms with Gasteiger partial charge in [0.25, 0.3) is 0 Å². The fourth-order valence-corrected chi connectivity index (χ4v) is 5.07. The van der Waals surface area contributed by atoms with Gasteiger partial charge in [-0.15, -0.1) is 23.2 Å². The highest BCUT2D eigenvalue weighted by atomic mass is 35.6. The van der Waals surface area contributed by atoms with Crippen molar-refractivity contribution in [3.05, 3.63) is 46.5 Å². The Balaban J connectivity index is 2.41. The van der Waals surface area contributed by atoms with E-state index in [1.54, 1.807) is 40.6 Å². The van der Waals surface area contributed by atoms with Crippen molar-refractivity contribution < 1.29 is 18.9 Å². The molecule has 0 amide bonds. The summed E-state index contributed by atoms with van der Waals surface area (Å²) in [4.78, 5) is -0.778. The van der Waals surface area contributed by atoms with Crippen molar-refractivity contribution in [2.75, 3.05) is 28.4 Å². The quantitative estimate of drug-likeness (QED) is 0.441. The van der Waals surface area contributed by atoms with Gasteiger partial charge in [0.1, 0.15) is 4.84 Å². The Bertz CT molecular complexity index is 847. The second-order valence-electron chi connectivity index (χ2n) is 6.46. The lowest BCUT2D eigenvalue weighted by Crippen LogP contribution is -2.29. The Morgan fingerprint density at radius 1 is 0.655 bits per heavy atom. The van der Waals surface area contributed by atoms with Gasteiger partial charge in [0, 0.05) is 5.92 Å². The molecule has 9 heteroatoms. The van der Waals surface area contributed by atoms with E-state index in [9.17, 15) is 0 Å². The molecule has 2 aromatic rings. The van der Waals surface area contributed by atoms with Crippen LogP contribution >= 0.6 is 58.0 Å². The monoisotopic (exact) mass is 498 g/mol. The largest absolute Gasteiger partial charge is 0.493 e. The predicted octanol–water partition coefficient (Wildman–Crippen LogP) is 6.47. The molecule has 4 nitrogen and oxygen atoms in total. The summed E-state index contributed by atoms with van der Waals surface area (Å²) in [6.45, 7) is 0. The Kier molecular flexibility index (Phi) is 6.82. The number of hydrogen-bond donors (Lipinski definition) is 0. The highest BCUT2D eigenvalue weighted by Crippen LogP contribution is 2.57. The van der Waals surface area contributed by atoms with Crippen LogP contribution in [0.15, 0.2) is 24.3 Å². The molecule has 0 bridgehead atoms. The van der Waals surface area contributed by atoms with Gasteiger partial charge < -0.3 is 18.9 Å². The van der Waals surface area contributed by atoms with Crippen LogP contribution in [0, 0.1) is 0 Å². The molecule has 0 atom stereocenters. The molecule has 3 rings (SSSR count). The number of rotatable bonds is 5. The number of methoxy groups -OCH3 is 4. The fourth-order valence-electron chi connectivity index (χ4n) is 3.82. The van der Waals surface area contributed by atoms with E-state index in [0.717, 1.165) is 22.3 Å². The lowest BCUT2D eigenvalue weighted by molar-refractivity contribution is 0.351. The summed E-state index contributed by atoms with van der Waals surface area (Å²) in [5, 5.41) is 0. The third-order valence-electron chi connectivity index (χ3n) is 5.05. The minimum absolute atomic E-state index is 0.411. The second-order valence-corrected chi connectivity index (χ2v) is 9.99. The number of fused-ring (bicyclic) bond motifs is 2. The molecule has 0 saturated heterocycles. The first-order valence-electron chi connectivity index (χ1n) is 8.54. The van der Waals surface area contributed by atoms with E-state index < -0.39 is 20.5 Å². The summed E-state index contributed by atoms with van der Waals surface area (Å²) in [7, 11) is 6.19. The van der Waals surface area contributed by atoms with Crippen LogP contribution in [0.1, 0.15) is 34.1 Å². The van der Waals surface area contributed by atoms with Crippen LogP contribution in [0.3, 0.4) is 0 Å². The first-order chi connectivity index (χ1) is 13.7. The number of benzene rings is 2. The SMILES string of the molecule is COc1cc2c(cc1OC)C(C(Cl)(Cl)Cl)c1cc(OC)c(OC)cc1C2C(Cl)Cl. The molecule has 0 fully saturated rings. The van der Waals surface area contributed by atoms with E-state index in [1.165, 1.54) is 0 Å². The smallest absolute Gasteiger partial charge is 0.201 e. The van der Waals surface area contributed by atoms with Crippen molar-refractivity contribution in [1.29, 1.82) is 0 Å². The van der Waals surface area contributed by atoms with Gasteiger partial charge in [-0.2, -0.15) is 0 Å². The van der Waals surface area contributed by atoms with Gasteiger partial charge in [-0.25, -0.2) is 0 Å². The van der Waals surface area contributed by atoms with Crippen molar-refractivity contribution in [3.8, 4) is 23.0 Å². The third kappa shape index (κ3) is 4.03. The van der Waals surface area contributed by atoms with Crippen molar-refractivity contribution >= 4 is 58.0 Å². The van der Waals surface area contributed by atoms with Crippen molar-refractivity contribution in [1.82, 2.24) is 0 Å². The maximum Gasteiger partial charge on any atom is 0.201 e. The van der Waals surface area contributed by atoms with Crippen LogP contribution in [-0.4, -0.2) is 37.1 Å². The molecule has 29 heavy (non-hydrogen) atoms. The lowest BCUT2D eigenvalue weighted by atomic mass is 9.73. The molecule has 1 aliphatic rings. The average Bonchev–Trinajstić information content (AvgIpc) is 2.68. The third-order valence-corrected chi connectivity index (χ3v) is 6.21. The van der Waals surface area contributed by atoms with E-state index in [4.69, 9.17) is 77.0 Å². The lowest BCUT2D eigenvalue weighted by Gasteiger charge is -2.38. The first-order valence-corrected chi connectivity index (χ1v) is 10.5. The van der Waals surface area contributed by atoms with Gasteiger partial charge >= 0.3 is 0 Å². The average molecular weight is 501 g/mol. The Morgan fingerprint density at radius 3 is 1.21 bits per heavy atom.